The van der Waals surface area contributed by atoms with E-state index in [-0.39, 0.29) is 18.5 Å². The van der Waals surface area contributed by atoms with Gasteiger partial charge >= 0.3 is 5.97 Å². The van der Waals surface area contributed by atoms with Crippen molar-refractivity contribution in [1.29, 1.82) is 0 Å². The van der Waals surface area contributed by atoms with Gasteiger partial charge in [0.05, 0.1) is 25.4 Å². The van der Waals surface area contributed by atoms with Crippen molar-refractivity contribution in [3.8, 4) is 0 Å². The molecule has 0 aromatic heterocycles. The largest absolute Gasteiger partial charge is 0.466 e. The molecule has 0 radical (unpaired) electrons. The molecule has 1 amide bonds. The van der Waals surface area contributed by atoms with Gasteiger partial charge in [0, 0.05) is 12.8 Å². The molecular formula is C68H129NO5. The van der Waals surface area contributed by atoms with Gasteiger partial charge in [-0.05, 0) is 83.5 Å². The fourth-order valence-electron chi connectivity index (χ4n) is 10.3. The number of ether oxygens (including phenoxy) is 1. The van der Waals surface area contributed by atoms with E-state index in [4.69, 9.17) is 4.74 Å². The summed E-state index contributed by atoms with van der Waals surface area (Å²) in [5, 5.41) is 23.4. The molecule has 0 bridgehead atoms. The normalized spacial score (nSPS) is 12.8. The van der Waals surface area contributed by atoms with Gasteiger partial charge in [-0.1, -0.05) is 301 Å². The number of hydrogen-bond acceptors (Lipinski definition) is 5. The van der Waals surface area contributed by atoms with Gasteiger partial charge in [0.15, 0.2) is 0 Å². The van der Waals surface area contributed by atoms with Crippen LogP contribution < -0.4 is 5.32 Å². The summed E-state index contributed by atoms with van der Waals surface area (Å²) in [7, 11) is 0. The molecule has 6 heteroatoms. The Morgan fingerprint density at radius 3 is 1.07 bits per heavy atom. The van der Waals surface area contributed by atoms with Crippen molar-refractivity contribution in [3.05, 3.63) is 36.5 Å². The smallest absolute Gasteiger partial charge is 0.305 e. The summed E-state index contributed by atoms with van der Waals surface area (Å²) in [6.07, 6.45) is 80.2. The molecule has 6 nitrogen and oxygen atoms in total. The molecule has 0 aromatic rings. The molecule has 2 unspecified atom stereocenters. The van der Waals surface area contributed by atoms with Crippen molar-refractivity contribution in [1.82, 2.24) is 5.32 Å². The monoisotopic (exact) mass is 1040 g/mol. The van der Waals surface area contributed by atoms with Crippen LogP contribution in [0.4, 0.5) is 0 Å². The topological polar surface area (TPSA) is 95.9 Å². The predicted molar refractivity (Wildman–Crippen MR) is 324 cm³/mol. The van der Waals surface area contributed by atoms with E-state index >= 15 is 0 Å². The van der Waals surface area contributed by atoms with Crippen LogP contribution in [0.1, 0.15) is 361 Å². The van der Waals surface area contributed by atoms with Gasteiger partial charge in [-0.15, -0.1) is 0 Å². The van der Waals surface area contributed by atoms with E-state index in [1.165, 1.54) is 276 Å². The average molecular weight is 1040 g/mol. The van der Waals surface area contributed by atoms with Crippen molar-refractivity contribution < 1.29 is 24.5 Å². The van der Waals surface area contributed by atoms with Crippen LogP contribution in [-0.4, -0.2) is 47.4 Å². The highest BCUT2D eigenvalue weighted by Gasteiger charge is 2.20. The molecule has 0 aliphatic rings. The van der Waals surface area contributed by atoms with Gasteiger partial charge < -0.3 is 20.3 Å². The van der Waals surface area contributed by atoms with Crippen LogP contribution in [0.15, 0.2) is 36.5 Å². The van der Waals surface area contributed by atoms with Crippen molar-refractivity contribution in [3.63, 3.8) is 0 Å². The first kappa shape index (κ1) is 72.1. The quantitative estimate of drug-likeness (QED) is 0.0320. The number of nitrogens with one attached hydrogen (secondary N) is 1. The lowest BCUT2D eigenvalue weighted by Crippen LogP contribution is -2.45. The van der Waals surface area contributed by atoms with E-state index in [0.29, 0.717) is 25.9 Å². The molecule has 74 heavy (non-hydrogen) atoms. The minimum Gasteiger partial charge on any atom is -0.466 e. The predicted octanol–water partition coefficient (Wildman–Crippen LogP) is 21.1. The maximum atomic E-state index is 12.5. The molecule has 0 saturated heterocycles. The summed E-state index contributed by atoms with van der Waals surface area (Å²) >= 11 is 0. The first-order valence-electron chi connectivity index (χ1n) is 33.2. The average Bonchev–Trinajstić information content (AvgIpc) is 3.40. The minimum atomic E-state index is -0.672. The Bertz CT molecular complexity index is 1200. The van der Waals surface area contributed by atoms with E-state index in [0.717, 1.165) is 51.4 Å². The Balaban J connectivity index is 3.44. The Morgan fingerprint density at radius 1 is 0.378 bits per heavy atom. The van der Waals surface area contributed by atoms with Gasteiger partial charge in [-0.3, -0.25) is 9.59 Å². The summed E-state index contributed by atoms with van der Waals surface area (Å²) < 4.78 is 5.49. The number of aliphatic hydroxyl groups excluding tert-OH is 2. The second kappa shape index (κ2) is 63.6. The van der Waals surface area contributed by atoms with E-state index in [1.807, 2.05) is 0 Å². The van der Waals surface area contributed by atoms with Crippen molar-refractivity contribution in [2.24, 2.45) is 0 Å². The number of esters is 1. The van der Waals surface area contributed by atoms with Crippen molar-refractivity contribution in [2.75, 3.05) is 13.2 Å². The molecule has 0 aliphatic carbocycles. The van der Waals surface area contributed by atoms with E-state index in [1.54, 1.807) is 0 Å². The summed E-state index contributed by atoms with van der Waals surface area (Å²) in [5.74, 6) is -0.0448. The van der Waals surface area contributed by atoms with Crippen LogP contribution in [0.2, 0.25) is 0 Å². The zero-order valence-electron chi connectivity index (χ0n) is 49.8. The fourth-order valence-corrected chi connectivity index (χ4v) is 10.3. The zero-order valence-corrected chi connectivity index (χ0v) is 49.8. The molecule has 0 saturated carbocycles. The molecule has 0 aromatic carbocycles. The first-order valence-corrected chi connectivity index (χ1v) is 33.2. The number of rotatable bonds is 62. The maximum absolute atomic E-state index is 12.5. The zero-order chi connectivity index (χ0) is 53.6. The second-order valence-corrected chi connectivity index (χ2v) is 22.8. The number of amides is 1. The second-order valence-electron chi connectivity index (χ2n) is 22.8. The fraction of sp³-hybridized carbons (Fsp3) is 0.882. The van der Waals surface area contributed by atoms with Gasteiger partial charge in [0.25, 0.3) is 0 Å². The minimum absolute atomic E-state index is 0.00323. The molecule has 0 spiro atoms. The van der Waals surface area contributed by atoms with E-state index < -0.39 is 12.1 Å². The number of unbranched alkanes of at least 4 members (excludes halogenated alkanes) is 45. The molecule has 2 atom stereocenters. The summed E-state index contributed by atoms with van der Waals surface area (Å²) in [5.41, 5.74) is 0. The third-order valence-corrected chi connectivity index (χ3v) is 15.4. The number of allylic oxidation sites excluding steroid dienone is 6. The van der Waals surface area contributed by atoms with E-state index in [2.05, 4.69) is 55.6 Å². The summed E-state index contributed by atoms with van der Waals surface area (Å²) in [6, 6.07) is -0.550. The van der Waals surface area contributed by atoms with Crippen LogP contribution in [0, 0.1) is 0 Å². The third-order valence-electron chi connectivity index (χ3n) is 15.4. The van der Waals surface area contributed by atoms with Crippen molar-refractivity contribution >= 4 is 11.9 Å². The molecular weight excluding hydrogens is 911 g/mol. The lowest BCUT2D eigenvalue weighted by Gasteiger charge is -2.22. The molecule has 0 fully saturated rings. The Hall–Kier alpha value is -1.92. The maximum Gasteiger partial charge on any atom is 0.305 e. The molecule has 0 rings (SSSR count). The highest BCUT2D eigenvalue weighted by Crippen LogP contribution is 2.18. The van der Waals surface area contributed by atoms with Gasteiger partial charge in [0.2, 0.25) is 5.91 Å². The Kier molecular flexibility index (Phi) is 62.0. The number of aliphatic hydroxyl groups is 2. The van der Waals surface area contributed by atoms with Gasteiger partial charge in [0.1, 0.15) is 0 Å². The van der Waals surface area contributed by atoms with E-state index in [9.17, 15) is 19.8 Å². The Morgan fingerprint density at radius 2 is 0.676 bits per heavy atom. The third kappa shape index (κ3) is 59.3. The van der Waals surface area contributed by atoms with Crippen LogP contribution >= 0.6 is 0 Å². The van der Waals surface area contributed by atoms with Crippen molar-refractivity contribution in [2.45, 2.75) is 373 Å². The molecule has 436 valence electrons. The summed E-state index contributed by atoms with van der Waals surface area (Å²) in [4.78, 5) is 24.6. The number of carbonyl (C=O) groups is 2. The first-order chi connectivity index (χ1) is 36.5. The lowest BCUT2D eigenvalue weighted by molar-refractivity contribution is -0.143. The van der Waals surface area contributed by atoms with Crippen LogP contribution in [0.3, 0.4) is 0 Å². The molecule has 3 N–H and O–H groups in total. The van der Waals surface area contributed by atoms with Crippen LogP contribution in [0.5, 0.6) is 0 Å². The number of carbonyl (C=O) groups excluding carboxylic acids is 2. The standard InChI is InChI=1S/C68H129NO5/c1-3-5-7-9-11-13-15-17-19-21-22-23-25-29-32-36-40-44-48-52-56-60-66(71)65(64-70)69-67(72)61-57-53-49-45-41-37-33-30-26-24-27-31-35-39-43-47-51-55-59-63-74-68(73)62-58-54-50-46-42-38-34-28-20-18-16-14-12-10-8-6-4-2/h12,14,18,20,24,26,65-66,70-71H,3-11,13,15-17,19,21-23,25,27-64H2,1-2H3,(H,69,72)/b14-12-,20-18-,26-24-. The van der Waals surface area contributed by atoms with Gasteiger partial charge in [-0.25, -0.2) is 0 Å². The molecule has 0 aliphatic heterocycles. The van der Waals surface area contributed by atoms with Crippen LogP contribution in [-0.2, 0) is 14.3 Å². The SMILES string of the molecule is CCCCC/C=C\C/C=C\CCCCCCCCCC(=O)OCCCCCCCCCC/C=C\CCCCCCCCCC(=O)NC(CO)C(O)CCCCCCCCCCCCCCCCCCCCCCC. The highest BCUT2D eigenvalue weighted by atomic mass is 16.5. The van der Waals surface area contributed by atoms with Gasteiger partial charge in [-0.2, -0.15) is 0 Å². The summed E-state index contributed by atoms with van der Waals surface area (Å²) in [6.45, 7) is 4.94. The molecule has 0 heterocycles. The van der Waals surface area contributed by atoms with Crippen LogP contribution in [0.25, 0.3) is 0 Å². The highest BCUT2D eigenvalue weighted by molar-refractivity contribution is 5.76. The Labute approximate surface area is 462 Å². The number of hydrogen-bond donors (Lipinski definition) is 3. The lowest BCUT2D eigenvalue weighted by atomic mass is 10.0.